The van der Waals surface area contributed by atoms with E-state index in [4.69, 9.17) is 14.2 Å². The molecule has 0 bridgehead atoms. The zero-order valence-electron chi connectivity index (χ0n) is 49.2. The second-order valence-electron chi connectivity index (χ2n) is 22.8. The Balaban J connectivity index is 4.18. The van der Waals surface area contributed by atoms with E-state index in [9.17, 15) is 14.4 Å². The molecular formula is C66H128O6. The van der Waals surface area contributed by atoms with Gasteiger partial charge in [-0.2, -0.15) is 0 Å². The van der Waals surface area contributed by atoms with Crippen LogP contribution >= 0.6 is 0 Å². The summed E-state index contributed by atoms with van der Waals surface area (Å²) in [5.74, 6) is -0.825. The van der Waals surface area contributed by atoms with Crippen LogP contribution in [-0.4, -0.2) is 37.2 Å². The summed E-state index contributed by atoms with van der Waals surface area (Å²) in [5.41, 5.74) is 0. The van der Waals surface area contributed by atoms with Gasteiger partial charge >= 0.3 is 17.9 Å². The summed E-state index contributed by atoms with van der Waals surface area (Å²) < 4.78 is 17.0. The lowest BCUT2D eigenvalue weighted by Crippen LogP contribution is -2.30. The van der Waals surface area contributed by atoms with Crippen molar-refractivity contribution in [2.45, 2.75) is 393 Å². The van der Waals surface area contributed by atoms with Gasteiger partial charge in [-0.05, 0) is 19.3 Å². The molecule has 0 aliphatic rings. The molecular weight excluding hydrogens is 889 g/mol. The van der Waals surface area contributed by atoms with Gasteiger partial charge in [0.2, 0.25) is 0 Å². The van der Waals surface area contributed by atoms with E-state index in [1.54, 1.807) is 0 Å². The maximum absolute atomic E-state index is 12.9. The first kappa shape index (κ1) is 70.4. The second kappa shape index (κ2) is 62.0. The molecule has 72 heavy (non-hydrogen) atoms. The van der Waals surface area contributed by atoms with Gasteiger partial charge in [-0.25, -0.2) is 0 Å². The molecule has 0 aliphatic carbocycles. The number of hydrogen-bond donors (Lipinski definition) is 0. The van der Waals surface area contributed by atoms with Crippen LogP contribution in [0.4, 0.5) is 0 Å². The van der Waals surface area contributed by atoms with Gasteiger partial charge < -0.3 is 14.2 Å². The summed E-state index contributed by atoms with van der Waals surface area (Å²) in [5, 5.41) is 0. The Labute approximate surface area is 450 Å². The predicted molar refractivity (Wildman–Crippen MR) is 312 cm³/mol. The zero-order valence-corrected chi connectivity index (χ0v) is 49.2. The molecule has 0 heterocycles. The van der Waals surface area contributed by atoms with Crippen LogP contribution in [0.5, 0.6) is 0 Å². The van der Waals surface area contributed by atoms with Crippen molar-refractivity contribution in [1.82, 2.24) is 0 Å². The van der Waals surface area contributed by atoms with Crippen LogP contribution in [0, 0.1) is 0 Å². The minimum absolute atomic E-state index is 0.0605. The molecule has 1 unspecified atom stereocenters. The lowest BCUT2D eigenvalue weighted by Gasteiger charge is -2.18. The number of ether oxygens (including phenoxy) is 3. The lowest BCUT2D eigenvalue weighted by molar-refractivity contribution is -0.167. The molecule has 1 atom stereocenters. The van der Waals surface area contributed by atoms with E-state index >= 15 is 0 Å². The number of unbranched alkanes of at least 4 members (excludes halogenated alkanes) is 51. The highest BCUT2D eigenvalue weighted by Gasteiger charge is 2.19. The molecule has 0 rings (SSSR count). The van der Waals surface area contributed by atoms with Crippen LogP contribution in [0.3, 0.4) is 0 Å². The van der Waals surface area contributed by atoms with E-state index in [2.05, 4.69) is 20.8 Å². The Kier molecular flexibility index (Phi) is 60.6. The number of carbonyl (C=O) groups excluding carboxylic acids is 3. The summed E-state index contributed by atoms with van der Waals surface area (Å²) in [6.45, 7) is 6.73. The Bertz CT molecular complexity index is 1080. The summed E-state index contributed by atoms with van der Waals surface area (Å²) in [4.78, 5) is 38.3. The first-order valence-electron chi connectivity index (χ1n) is 33.0. The van der Waals surface area contributed by atoms with Crippen molar-refractivity contribution in [3.05, 3.63) is 0 Å². The number of rotatable bonds is 62. The molecule has 0 aromatic carbocycles. The third kappa shape index (κ3) is 59.3. The van der Waals surface area contributed by atoms with Gasteiger partial charge in [-0.1, -0.05) is 348 Å². The molecule has 0 aliphatic heterocycles. The maximum atomic E-state index is 12.9. The average molecular weight is 1020 g/mol. The van der Waals surface area contributed by atoms with Crippen LogP contribution in [0.2, 0.25) is 0 Å². The highest BCUT2D eigenvalue weighted by molar-refractivity contribution is 5.71. The fourth-order valence-corrected chi connectivity index (χ4v) is 10.4. The third-order valence-electron chi connectivity index (χ3n) is 15.4. The summed E-state index contributed by atoms with van der Waals surface area (Å²) >= 11 is 0. The van der Waals surface area contributed by atoms with Crippen LogP contribution in [0.25, 0.3) is 0 Å². The number of hydrogen-bond acceptors (Lipinski definition) is 6. The average Bonchev–Trinajstić information content (AvgIpc) is 3.38. The zero-order chi connectivity index (χ0) is 52.2. The minimum atomic E-state index is -0.762. The quantitative estimate of drug-likeness (QED) is 0.0343. The summed E-state index contributed by atoms with van der Waals surface area (Å²) in [7, 11) is 0. The van der Waals surface area contributed by atoms with Crippen LogP contribution in [-0.2, 0) is 28.6 Å². The number of esters is 3. The maximum Gasteiger partial charge on any atom is 0.306 e. The van der Waals surface area contributed by atoms with Gasteiger partial charge in [0.05, 0.1) is 0 Å². The van der Waals surface area contributed by atoms with Crippen molar-refractivity contribution in [2.24, 2.45) is 0 Å². The lowest BCUT2D eigenvalue weighted by atomic mass is 10.0. The largest absolute Gasteiger partial charge is 0.462 e. The normalized spacial score (nSPS) is 11.9. The van der Waals surface area contributed by atoms with Crippen LogP contribution in [0.1, 0.15) is 387 Å². The first-order chi connectivity index (χ1) is 35.5. The molecule has 6 nitrogen and oxygen atoms in total. The van der Waals surface area contributed by atoms with E-state index < -0.39 is 6.10 Å². The second-order valence-corrected chi connectivity index (χ2v) is 22.8. The van der Waals surface area contributed by atoms with Gasteiger partial charge in [0.25, 0.3) is 0 Å². The number of carbonyl (C=O) groups is 3. The molecule has 0 fully saturated rings. The molecule has 0 saturated carbocycles. The summed E-state index contributed by atoms with van der Waals surface area (Å²) in [6, 6.07) is 0. The Morgan fingerprint density at radius 1 is 0.222 bits per heavy atom. The van der Waals surface area contributed by atoms with E-state index in [0.717, 1.165) is 57.8 Å². The molecule has 0 aromatic rings. The molecule has 428 valence electrons. The van der Waals surface area contributed by atoms with Gasteiger partial charge in [0.1, 0.15) is 13.2 Å². The Morgan fingerprint density at radius 2 is 0.375 bits per heavy atom. The van der Waals surface area contributed by atoms with Crippen LogP contribution < -0.4 is 0 Å². The van der Waals surface area contributed by atoms with Crippen molar-refractivity contribution in [3.63, 3.8) is 0 Å². The van der Waals surface area contributed by atoms with E-state index in [0.29, 0.717) is 19.3 Å². The monoisotopic (exact) mass is 1020 g/mol. The standard InChI is InChI=1S/C66H128O6/c1-4-7-10-13-16-19-22-25-27-29-31-32-33-34-35-36-38-39-41-44-47-50-53-56-59-65(68)71-62-63(61-70-64(67)58-55-52-49-46-43-24-21-18-15-12-9-6-3)72-66(69)60-57-54-51-48-45-42-40-37-30-28-26-23-20-17-14-11-8-5-2/h63H,4-62H2,1-3H3. The topological polar surface area (TPSA) is 78.9 Å². The molecule has 6 heteroatoms. The van der Waals surface area contributed by atoms with Gasteiger partial charge in [-0.3, -0.25) is 14.4 Å². The molecule has 0 amide bonds. The van der Waals surface area contributed by atoms with Gasteiger partial charge in [-0.15, -0.1) is 0 Å². The molecule has 0 aromatic heterocycles. The molecule has 0 spiro atoms. The highest BCUT2D eigenvalue weighted by atomic mass is 16.6. The highest BCUT2D eigenvalue weighted by Crippen LogP contribution is 2.19. The van der Waals surface area contributed by atoms with E-state index in [1.807, 2.05) is 0 Å². The fraction of sp³-hybridized carbons (Fsp3) is 0.955. The van der Waals surface area contributed by atoms with Crippen molar-refractivity contribution in [3.8, 4) is 0 Å². The minimum Gasteiger partial charge on any atom is -0.462 e. The van der Waals surface area contributed by atoms with E-state index in [1.165, 1.54) is 289 Å². The third-order valence-corrected chi connectivity index (χ3v) is 15.4. The Morgan fingerprint density at radius 3 is 0.556 bits per heavy atom. The predicted octanol–water partition coefficient (Wildman–Crippen LogP) is 22.3. The van der Waals surface area contributed by atoms with Crippen molar-refractivity contribution in [1.29, 1.82) is 0 Å². The van der Waals surface area contributed by atoms with E-state index in [-0.39, 0.29) is 31.1 Å². The van der Waals surface area contributed by atoms with Crippen molar-refractivity contribution in [2.75, 3.05) is 13.2 Å². The molecule has 0 N–H and O–H groups in total. The first-order valence-corrected chi connectivity index (χ1v) is 33.0. The Hall–Kier alpha value is -1.59. The van der Waals surface area contributed by atoms with Gasteiger partial charge in [0.15, 0.2) is 6.10 Å². The van der Waals surface area contributed by atoms with Crippen molar-refractivity contribution >= 4 is 17.9 Å². The van der Waals surface area contributed by atoms with Crippen LogP contribution in [0.15, 0.2) is 0 Å². The fourth-order valence-electron chi connectivity index (χ4n) is 10.4. The summed E-state index contributed by atoms with van der Waals surface area (Å²) in [6.07, 6.45) is 71.2. The molecule has 0 radical (unpaired) electrons. The smallest absolute Gasteiger partial charge is 0.306 e. The SMILES string of the molecule is CCCCCCCCCCCCCCCCCCCCCCCCCCC(=O)OCC(COC(=O)CCCCCCCCCCCCCC)OC(=O)CCCCCCCCCCCCCCCCCCCC. The van der Waals surface area contributed by atoms with Gasteiger partial charge in [0, 0.05) is 19.3 Å². The van der Waals surface area contributed by atoms with Crippen molar-refractivity contribution < 1.29 is 28.6 Å². The molecule has 0 saturated heterocycles.